The van der Waals surface area contributed by atoms with Gasteiger partial charge in [0.15, 0.2) is 0 Å². The smallest absolute Gasteiger partial charge is 0.239 e. The van der Waals surface area contributed by atoms with Crippen LogP contribution >= 0.6 is 0 Å². The third-order valence-electron chi connectivity index (χ3n) is 4.85. The van der Waals surface area contributed by atoms with Gasteiger partial charge in [-0.15, -0.1) is 0 Å². The van der Waals surface area contributed by atoms with E-state index in [1.165, 1.54) is 12.1 Å². The number of anilines is 1. The third-order valence-corrected chi connectivity index (χ3v) is 4.85. The van der Waals surface area contributed by atoms with Gasteiger partial charge in [0, 0.05) is 12.2 Å². The van der Waals surface area contributed by atoms with Crippen LogP contribution in [0, 0.1) is 31.0 Å². The lowest BCUT2D eigenvalue weighted by atomic mass is 10.2. The summed E-state index contributed by atoms with van der Waals surface area (Å²) in [7, 11) is 1.79. The molecule has 0 fully saturated rings. The fourth-order valence-electron chi connectivity index (χ4n) is 3.31. The van der Waals surface area contributed by atoms with Crippen molar-refractivity contribution < 1.29 is 13.6 Å². The first-order chi connectivity index (χ1) is 13.9. The Balaban J connectivity index is 1.75. The molecular weight excluding hydrogens is 371 g/mol. The maximum atomic E-state index is 13.4. The van der Waals surface area contributed by atoms with Crippen molar-refractivity contribution in [1.29, 1.82) is 5.26 Å². The second-order valence-corrected chi connectivity index (χ2v) is 7.06. The van der Waals surface area contributed by atoms with Crippen molar-refractivity contribution in [2.24, 2.45) is 0 Å². The summed E-state index contributed by atoms with van der Waals surface area (Å²) in [4.78, 5) is 14.4. The summed E-state index contributed by atoms with van der Waals surface area (Å²) in [6, 6.07) is 12.1. The van der Waals surface area contributed by atoms with Gasteiger partial charge in [-0.2, -0.15) is 5.26 Å². The molecule has 0 aliphatic rings. The molecule has 29 heavy (non-hydrogen) atoms. The molecular formula is C22H23FN4O2. The fourth-order valence-corrected chi connectivity index (χ4v) is 3.31. The minimum Gasteiger partial charge on any atom is -0.467 e. The Bertz CT molecular complexity index is 1050. The molecule has 150 valence electrons. The van der Waals surface area contributed by atoms with Gasteiger partial charge in [-0.1, -0.05) is 12.1 Å². The summed E-state index contributed by atoms with van der Waals surface area (Å²) in [6.45, 7) is 4.71. The van der Waals surface area contributed by atoms with Crippen molar-refractivity contribution in [3.05, 3.63) is 76.6 Å². The van der Waals surface area contributed by atoms with Crippen LogP contribution in [0.2, 0.25) is 0 Å². The molecule has 3 rings (SSSR count). The topological polar surface area (TPSA) is 74.2 Å². The number of rotatable bonds is 7. The van der Waals surface area contributed by atoms with Crippen LogP contribution in [-0.2, 0) is 17.9 Å². The van der Waals surface area contributed by atoms with Crippen molar-refractivity contribution in [1.82, 2.24) is 9.47 Å². The van der Waals surface area contributed by atoms with E-state index < -0.39 is 0 Å². The van der Waals surface area contributed by atoms with E-state index in [1.807, 2.05) is 30.5 Å². The van der Waals surface area contributed by atoms with E-state index in [1.54, 1.807) is 30.3 Å². The second kappa shape index (κ2) is 8.76. The summed E-state index contributed by atoms with van der Waals surface area (Å²) >= 11 is 0. The van der Waals surface area contributed by atoms with E-state index in [2.05, 4.69) is 11.4 Å². The van der Waals surface area contributed by atoms with Crippen LogP contribution in [-0.4, -0.2) is 29.0 Å². The van der Waals surface area contributed by atoms with Gasteiger partial charge in [0.25, 0.3) is 0 Å². The Morgan fingerprint density at radius 1 is 1.31 bits per heavy atom. The third kappa shape index (κ3) is 4.73. The number of aromatic nitrogens is 1. The number of benzene rings is 1. The number of hydrogen-bond acceptors (Lipinski definition) is 4. The predicted octanol–water partition coefficient (Wildman–Crippen LogP) is 3.83. The zero-order valence-electron chi connectivity index (χ0n) is 16.7. The van der Waals surface area contributed by atoms with Gasteiger partial charge < -0.3 is 14.3 Å². The zero-order chi connectivity index (χ0) is 21.0. The highest BCUT2D eigenvalue weighted by Crippen LogP contribution is 2.27. The molecule has 1 N–H and O–H groups in total. The van der Waals surface area contributed by atoms with E-state index in [0.29, 0.717) is 24.5 Å². The van der Waals surface area contributed by atoms with E-state index in [9.17, 15) is 14.4 Å². The average Bonchev–Trinajstić information content (AvgIpc) is 3.25. The lowest BCUT2D eigenvalue weighted by molar-refractivity contribution is -0.117. The molecule has 0 atom stereocenters. The zero-order valence-corrected chi connectivity index (χ0v) is 16.7. The number of carbonyl (C=O) groups is 1. The molecule has 0 aliphatic carbocycles. The number of nitrogens with one attached hydrogen (secondary N) is 1. The molecule has 3 aromatic rings. The maximum absolute atomic E-state index is 13.4. The lowest BCUT2D eigenvalue weighted by Gasteiger charge is -2.17. The largest absolute Gasteiger partial charge is 0.467 e. The van der Waals surface area contributed by atoms with Gasteiger partial charge in [0.1, 0.15) is 23.5 Å². The number of likely N-dealkylation sites (N-methyl/N-ethyl adjacent to an activating group) is 1. The SMILES string of the molecule is Cc1c(C#N)c(NC(=O)CN(C)Cc2cccc(F)c2)n(Cc2ccco2)c1C. The van der Waals surface area contributed by atoms with Crippen LogP contribution in [0.25, 0.3) is 0 Å². The fraction of sp³-hybridized carbons (Fsp3) is 0.273. The average molecular weight is 394 g/mol. The number of hydrogen-bond donors (Lipinski definition) is 1. The first-order valence-electron chi connectivity index (χ1n) is 9.24. The highest BCUT2D eigenvalue weighted by Gasteiger charge is 2.21. The number of amides is 1. The highest BCUT2D eigenvalue weighted by molar-refractivity contribution is 5.93. The van der Waals surface area contributed by atoms with Crippen molar-refractivity contribution in [2.75, 3.05) is 18.9 Å². The number of halogens is 1. The van der Waals surface area contributed by atoms with Crippen molar-refractivity contribution >= 4 is 11.7 Å². The Morgan fingerprint density at radius 2 is 2.10 bits per heavy atom. The standard InChI is InChI=1S/C22H23FN4O2/c1-15-16(2)27(13-19-8-5-9-29-19)22(20(15)11-24)25-21(28)14-26(3)12-17-6-4-7-18(23)10-17/h4-10H,12-14H2,1-3H3,(H,25,28). The van der Waals surface area contributed by atoms with Crippen LogP contribution in [0.15, 0.2) is 47.1 Å². The van der Waals surface area contributed by atoms with Crippen LogP contribution in [0.1, 0.15) is 28.1 Å². The Morgan fingerprint density at radius 3 is 2.76 bits per heavy atom. The number of nitriles is 1. The lowest BCUT2D eigenvalue weighted by Crippen LogP contribution is -2.30. The summed E-state index contributed by atoms with van der Waals surface area (Å²) in [5.41, 5.74) is 2.94. The Labute approximate surface area is 169 Å². The molecule has 0 aliphatic heterocycles. The molecule has 0 radical (unpaired) electrons. The van der Waals surface area contributed by atoms with Gasteiger partial charge in [0.2, 0.25) is 5.91 Å². The molecule has 1 aromatic carbocycles. The van der Waals surface area contributed by atoms with Gasteiger partial charge in [-0.25, -0.2) is 4.39 Å². The molecule has 1 amide bonds. The molecule has 2 aromatic heterocycles. The molecule has 7 heteroatoms. The summed E-state index contributed by atoms with van der Waals surface area (Å²) in [6.07, 6.45) is 1.59. The molecule has 0 saturated heterocycles. The minimum absolute atomic E-state index is 0.103. The van der Waals surface area contributed by atoms with Gasteiger partial charge in [0.05, 0.1) is 24.9 Å². The predicted molar refractivity (Wildman–Crippen MR) is 108 cm³/mol. The van der Waals surface area contributed by atoms with Crippen LogP contribution < -0.4 is 5.32 Å². The van der Waals surface area contributed by atoms with E-state index in [0.717, 1.165) is 22.6 Å². The van der Waals surface area contributed by atoms with E-state index >= 15 is 0 Å². The van der Waals surface area contributed by atoms with Gasteiger partial charge in [-0.3, -0.25) is 9.69 Å². The van der Waals surface area contributed by atoms with Crippen molar-refractivity contribution in [2.45, 2.75) is 26.9 Å². The van der Waals surface area contributed by atoms with E-state index in [4.69, 9.17) is 4.42 Å². The summed E-state index contributed by atoms with van der Waals surface area (Å²) in [5, 5.41) is 12.5. The monoisotopic (exact) mass is 394 g/mol. The Kier molecular flexibility index (Phi) is 6.15. The number of furan rings is 1. The first kappa shape index (κ1) is 20.4. The first-order valence-corrected chi connectivity index (χ1v) is 9.24. The highest BCUT2D eigenvalue weighted by atomic mass is 19.1. The number of nitrogens with zero attached hydrogens (tertiary/aromatic N) is 3. The Hall–Kier alpha value is -3.37. The summed E-state index contributed by atoms with van der Waals surface area (Å²) in [5.74, 6) is 0.633. The van der Waals surface area contributed by atoms with Crippen LogP contribution in [0.5, 0.6) is 0 Å². The number of carbonyl (C=O) groups excluding carboxylic acids is 1. The maximum Gasteiger partial charge on any atom is 0.239 e. The van der Waals surface area contributed by atoms with Gasteiger partial charge >= 0.3 is 0 Å². The quantitative estimate of drug-likeness (QED) is 0.661. The molecule has 0 unspecified atom stereocenters. The van der Waals surface area contributed by atoms with Crippen LogP contribution in [0.4, 0.5) is 10.2 Å². The second-order valence-electron chi connectivity index (χ2n) is 7.06. The molecule has 2 heterocycles. The summed E-state index contributed by atoms with van der Waals surface area (Å²) < 4.78 is 20.6. The minimum atomic E-state index is -0.305. The van der Waals surface area contributed by atoms with Crippen molar-refractivity contribution in [3.63, 3.8) is 0 Å². The van der Waals surface area contributed by atoms with Crippen molar-refractivity contribution in [3.8, 4) is 6.07 Å². The normalized spacial score (nSPS) is 10.9. The molecule has 0 bridgehead atoms. The molecule has 0 saturated carbocycles. The molecule has 6 nitrogen and oxygen atoms in total. The van der Waals surface area contributed by atoms with Gasteiger partial charge in [-0.05, 0) is 56.3 Å². The van der Waals surface area contributed by atoms with Crippen LogP contribution in [0.3, 0.4) is 0 Å². The molecule has 0 spiro atoms. The van der Waals surface area contributed by atoms with E-state index in [-0.39, 0.29) is 18.3 Å².